The first-order chi connectivity index (χ1) is 5.00. The number of rotatable bonds is 1. The SMILES string of the molecule is [CH3][Sn]([CH3])([CH3])[c]1ccc(Br)nc1. The molecule has 0 unspecified atom stereocenters. The van der Waals surface area contributed by atoms with Crippen molar-refractivity contribution in [3.8, 4) is 0 Å². The molecule has 0 amide bonds. The van der Waals surface area contributed by atoms with E-state index in [1.807, 2.05) is 12.3 Å². The molecule has 0 radical (unpaired) electrons. The first-order valence-corrected chi connectivity index (χ1v) is 14.4. The maximum atomic E-state index is 4.21. The fourth-order valence-electron chi connectivity index (χ4n) is 0.819. The monoisotopic (exact) mass is 321 g/mol. The maximum absolute atomic E-state index is 4.21. The Kier molecular flexibility index (Phi) is 2.97. The number of hydrogen-bond acceptors (Lipinski definition) is 1. The molecule has 0 aromatic carbocycles. The summed E-state index contributed by atoms with van der Waals surface area (Å²) >= 11 is 1.50. The zero-order chi connectivity index (χ0) is 8.48. The Bertz CT molecular complexity index is 237. The Hall–Kier alpha value is 0.429. The van der Waals surface area contributed by atoms with Crippen LogP contribution in [-0.4, -0.2) is 23.4 Å². The van der Waals surface area contributed by atoms with Gasteiger partial charge >= 0.3 is 80.6 Å². The van der Waals surface area contributed by atoms with Gasteiger partial charge in [-0.25, -0.2) is 0 Å². The molecule has 0 saturated heterocycles. The summed E-state index contributed by atoms with van der Waals surface area (Å²) in [6.07, 6.45) is 2.00. The first kappa shape index (κ1) is 9.52. The summed E-state index contributed by atoms with van der Waals surface area (Å²) in [6.45, 7) is 0. The number of aromatic nitrogens is 1. The summed E-state index contributed by atoms with van der Waals surface area (Å²) in [7, 11) is 0. The second-order valence-electron chi connectivity index (χ2n) is 3.62. The van der Waals surface area contributed by atoms with Gasteiger partial charge < -0.3 is 0 Å². The molecule has 0 spiro atoms. The van der Waals surface area contributed by atoms with E-state index < -0.39 is 18.4 Å². The summed E-state index contributed by atoms with van der Waals surface area (Å²) in [5, 5.41) is 0. The summed E-state index contributed by atoms with van der Waals surface area (Å²) in [6, 6.07) is 4.21. The van der Waals surface area contributed by atoms with Crippen LogP contribution in [0.4, 0.5) is 0 Å². The van der Waals surface area contributed by atoms with Crippen molar-refractivity contribution < 1.29 is 0 Å². The van der Waals surface area contributed by atoms with Gasteiger partial charge in [-0.05, 0) is 0 Å². The van der Waals surface area contributed by atoms with E-state index in [1.165, 1.54) is 3.58 Å². The van der Waals surface area contributed by atoms with Crippen molar-refractivity contribution in [2.24, 2.45) is 0 Å². The zero-order valence-corrected chi connectivity index (χ0v) is 11.5. The van der Waals surface area contributed by atoms with E-state index in [4.69, 9.17) is 0 Å². The van der Waals surface area contributed by atoms with Crippen LogP contribution in [0.1, 0.15) is 0 Å². The quantitative estimate of drug-likeness (QED) is 0.572. The molecule has 0 N–H and O–H groups in total. The predicted molar refractivity (Wildman–Crippen MR) is 54.9 cm³/mol. The van der Waals surface area contributed by atoms with Crippen LogP contribution in [0.25, 0.3) is 0 Å². The van der Waals surface area contributed by atoms with Gasteiger partial charge in [0, 0.05) is 0 Å². The van der Waals surface area contributed by atoms with Crippen molar-refractivity contribution in [3.05, 3.63) is 22.9 Å². The third kappa shape index (κ3) is 2.75. The van der Waals surface area contributed by atoms with Crippen LogP contribution in [0.5, 0.6) is 0 Å². The molecular weight excluding hydrogens is 309 g/mol. The Balaban J connectivity index is 2.99. The van der Waals surface area contributed by atoms with E-state index >= 15 is 0 Å². The Morgan fingerprint density at radius 2 is 1.91 bits per heavy atom. The van der Waals surface area contributed by atoms with Crippen molar-refractivity contribution in [2.75, 3.05) is 0 Å². The van der Waals surface area contributed by atoms with Gasteiger partial charge in [-0.3, -0.25) is 0 Å². The molecule has 0 fully saturated rings. The molecule has 0 saturated carbocycles. The van der Waals surface area contributed by atoms with Crippen LogP contribution in [0, 0.1) is 0 Å². The van der Waals surface area contributed by atoms with E-state index in [1.54, 1.807) is 0 Å². The van der Waals surface area contributed by atoms with E-state index in [-0.39, 0.29) is 0 Å². The van der Waals surface area contributed by atoms with Crippen LogP contribution >= 0.6 is 15.9 Å². The Labute approximate surface area is 80.2 Å². The van der Waals surface area contributed by atoms with Crippen LogP contribution in [0.15, 0.2) is 22.9 Å². The van der Waals surface area contributed by atoms with Crippen molar-refractivity contribution >= 4 is 37.9 Å². The number of pyridine rings is 1. The normalized spacial score (nSPS) is 11.6. The molecule has 1 rings (SSSR count). The molecule has 1 aromatic heterocycles. The summed E-state index contributed by atoms with van der Waals surface area (Å²) in [4.78, 5) is 11.4. The van der Waals surface area contributed by atoms with Gasteiger partial charge in [-0.2, -0.15) is 0 Å². The minimum atomic E-state index is -1.83. The minimum absolute atomic E-state index is 0.928. The molecule has 11 heavy (non-hydrogen) atoms. The van der Waals surface area contributed by atoms with Gasteiger partial charge in [-0.1, -0.05) is 0 Å². The zero-order valence-electron chi connectivity index (χ0n) is 7.06. The van der Waals surface area contributed by atoms with Gasteiger partial charge in [-0.15, -0.1) is 0 Å². The molecule has 1 aromatic rings. The third-order valence-electron chi connectivity index (χ3n) is 1.59. The van der Waals surface area contributed by atoms with Crippen molar-refractivity contribution in [2.45, 2.75) is 14.8 Å². The van der Waals surface area contributed by atoms with Crippen LogP contribution in [0.2, 0.25) is 14.8 Å². The van der Waals surface area contributed by atoms with E-state index in [9.17, 15) is 0 Å². The average molecular weight is 321 g/mol. The summed E-state index contributed by atoms with van der Waals surface area (Å²) in [5.41, 5.74) is 0. The van der Waals surface area contributed by atoms with Crippen molar-refractivity contribution in [3.63, 3.8) is 0 Å². The van der Waals surface area contributed by atoms with Crippen LogP contribution < -0.4 is 3.58 Å². The van der Waals surface area contributed by atoms with Gasteiger partial charge in [0.2, 0.25) is 0 Å². The van der Waals surface area contributed by atoms with Crippen molar-refractivity contribution in [1.29, 1.82) is 0 Å². The Morgan fingerprint density at radius 3 is 2.27 bits per heavy atom. The molecule has 0 bridgehead atoms. The molecular formula is C8H12BrNSn. The topological polar surface area (TPSA) is 12.9 Å². The standard InChI is InChI=1S/C5H3BrN.3CH3.Sn/c6-5-3-1-2-4-7-5;;;;/h1,3-4H;3*1H3;. The number of halogens is 1. The molecule has 0 aliphatic rings. The first-order valence-electron chi connectivity index (χ1n) is 3.62. The Morgan fingerprint density at radius 1 is 1.27 bits per heavy atom. The third-order valence-corrected chi connectivity index (χ3v) is 7.85. The number of hydrogen-bond donors (Lipinski definition) is 0. The molecule has 0 aliphatic heterocycles. The van der Waals surface area contributed by atoms with Crippen molar-refractivity contribution in [1.82, 2.24) is 4.98 Å². The molecule has 60 valence electrons. The summed E-state index contributed by atoms with van der Waals surface area (Å²) in [5.74, 6) is 0. The molecule has 1 heterocycles. The van der Waals surface area contributed by atoms with E-state index in [0.717, 1.165) is 4.60 Å². The molecule has 0 atom stereocenters. The average Bonchev–Trinajstić information content (AvgIpc) is 1.86. The fourth-order valence-corrected chi connectivity index (χ4v) is 4.01. The van der Waals surface area contributed by atoms with Gasteiger partial charge in [0.05, 0.1) is 0 Å². The fraction of sp³-hybridized carbons (Fsp3) is 0.375. The van der Waals surface area contributed by atoms with Crippen LogP contribution in [-0.2, 0) is 0 Å². The van der Waals surface area contributed by atoms with Crippen LogP contribution in [0.3, 0.4) is 0 Å². The molecule has 0 aliphatic carbocycles. The second-order valence-corrected chi connectivity index (χ2v) is 18.9. The van der Waals surface area contributed by atoms with E-state index in [2.05, 4.69) is 41.8 Å². The van der Waals surface area contributed by atoms with Gasteiger partial charge in [0.15, 0.2) is 0 Å². The molecule has 3 heteroatoms. The van der Waals surface area contributed by atoms with E-state index in [0.29, 0.717) is 0 Å². The van der Waals surface area contributed by atoms with Gasteiger partial charge in [0.1, 0.15) is 0 Å². The second kappa shape index (κ2) is 3.44. The number of nitrogens with zero attached hydrogens (tertiary/aromatic N) is 1. The predicted octanol–water partition coefficient (Wildman–Crippen LogP) is 2.39. The molecule has 1 nitrogen and oxygen atoms in total. The summed E-state index contributed by atoms with van der Waals surface area (Å²) < 4.78 is 2.40. The van der Waals surface area contributed by atoms with Gasteiger partial charge in [0.25, 0.3) is 0 Å².